The maximum Gasteiger partial charge on any atom is 0.184 e. The fourth-order valence-corrected chi connectivity index (χ4v) is 9.73. The average Bonchev–Trinajstić information content (AvgIpc) is 2.89. The lowest BCUT2D eigenvalue weighted by Gasteiger charge is -2.59. The minimum absolute atomic E-state index is 0.109. The summed E-state index contributed by atoms with van der Waals surface area (Å²) in [7, 11) is -3.24. The summed E-state index contributed by atoms with van der Waals surface area (Å²) in [5.41, 5.74) is 1.76. The molecular weight excluding hydrogens is 404 g/mol. The molecule has 3 fully saturated rings. The molecule has 0 aromatic heterocycles. The van der Waals surface area contributed by atoms with Gasteiger partial charge in [-0.2, -0.15) is 0 Å². The van der Waals surface area contributed by atoms with Crippen LogP contribution in [0.3, 0.4) is 0 Å². The van der Waals surface area contributed by atoms with E-state index in [4.69, 9.17) is 8.85 Å². The molecule has 0 aliphatic heterocycles. The Kier molecular flexibility index (Phi) is 5.65. The molecule has 30 heavy (non-hydrogen) atoms. The molecule has 170 valence electrons. The minimum atomic E-state index is -1.70. The van der Waals surface area contributed by atoms with Gasteiger partial charge in [-0.05, 0) is 101 Å². The van der Waals surface area contributed by atoms with Crippen LogP contribution in [0.25, 0.3) is 0 Å². The molecule has 0 saturated heterocycles. The molecule has 0 aromatic carbocycles. The van der Waals surface area contributed by atoms with Crippen LogP contribution in [0.15, 0.2) is 11.6 Å². The number of rotatable bonds is 4. The number of hydrogen-bond donors (Lipinski definition) is 0. The first kappa shape index (κ1) is 22.9. The van der Waals surface area contributed by atoms with E-state index in [0.717, 1.165) is 25.7 Å². The van der Waals surface area contributed by atoms with E-state index >= 15 is 0 Å². The van der Waals surface area contributed by atoms with Crippen molar-refractivity contribution in [2.45, 2.75) is 110 Å². The Balaban J connectivity index is 1.71. The summed E-state index contributed by atoms with van der Waals surface area (Å²) in [6, 6.07) is 0. The lowest BCUT2D eigenvalue weighted by atomic mass is 9.47. The highest BCUT2D eigenvalue weighted by atomic mass is 28.4. The SMILES string of the molecule is C[C@]12CC[C@H](O[Si](C)(C)C)CC1=C[C@H](O[Si](C)(C)C)[C@@H]1[C@@H]2CC[C@]2(C)C(=O)CC[C@@H]12. The molecule has 4 aliphatic rings. The molecule has 0 unspecified atom stereocenters. The molecular formula is C25H44O3Si2. The summed E-state index contributed by atoms with van der Waals surface area (Å²) < 4.78 is 13.5. The molecule has 3 saturated carbocycles. The van der Waals surface area contributed by atoms with Gasteiger partial charge in [-0.1, -0.05) is 25.5 Å². The predicted molar refractivity (Wildman–Crippen MR) is 129 cm³/mol. The Labute approximate surface area is 186 Å². The van der Waals surface area contributed by atoms with Crippen molar-refractivity contribution in [2.24, 2.45) is 28.6 Å². The predicted octanol–water partition coefficient (Wildman–Crippen LogP) is 6.57. The van der Waals surface area contributed by atoms with Crippen molar-refractivity contribution in [3.05, 3.63) is 11.6 Å². The van der Waals surface area contributed by atoms with Gasteiger partial charge in [-0.3, -0.25) is 4.79 Å². The van der Waals surface area contributed by atoms with Crippen LogP contribution in [0.1, 0.15) is 58.8 Å². The van der Waals surface area contributed by atoms with E-state index in [1.54, 1.807) is 5.57 Å². The second-order valence-electron chi connectivity index (χ2n) is 13.1. The van der Waals surface area contributed by atoms with E-state index in [9.17, 15) is 4.79 Å². The van der Waals surface area contributed by atoms with E-state index in [2.05, 4.69) is 59.2 Å². The van der Waals surface area contributed by atoms with Gasteiger partial charge in [-0.25, -0.2) is 0 Å². The van der Waals surface area contributed by atoms with Gasteiger partial charge in [-0.15, -0.1) is 0 Å². The maximum atomic E-state index is 12.9. The lowest BCUT2D eigenvalue weighted by Crippen LogP contribution is -2.56. The summed E-state index contributed by atoms with van der Waals surface area (Å²) in [5.74, 6) is 2.17. The lowest BCUT2D eigenvalue weighted by molar-refractivity contribution is -0.135. The van der Waals surface area contributed by atoms with Crippen molar-refractivity contribution >= 4 is 22.4 Å². The van der Waals surface area contributed by atoms with E-state index in [1.807, 2.05) is 0 Å². The zero-order valence-corrected chi connectivity index (χ0v) is 22.6. The Morgan fingerprint density at radius 3 is 2.10 bits per heavy atom. The highest BCUT2D eigenvalue weighted by Gasteiger charge is 2.61. The van der Waals surface area contributed by atoms with Gasteiger partial charge in [0.2, 0.25) is 0 Å². The molecule has 4 aliphatic carbocycles. The molecule has 0 radical (unpaired) electrons. The van der Waals surface area contributed by atoms with Gasteiger partial charge in [0.05, 0.1) is 6.10 Å². The molecule has 0 bridgehead atoms. The molecule has 5 heteroatoms. The Morgan fingerprint density at radius 2 is 1.47 bits per heavy atom. The van der Waals surface area contributed by atoms with Crippen molar-refractivity contribution in [2.75, 3.05) is 0 Å². The van der Waals surface area contributed by atoms with Crippen molar-refractivity contribution in [1.82, 2.24) is 0 Å². The summed E-state index contributed by atoms with van der Waals surface area (Å²) in [5, 5.41) is 0. The van der Waals surface area contributed by atoms with Crippen LogP contribution in [0.4, 0.5) is 0 Å². The molecule has 3 nitrogen and oxygen atoms in total. The van der Waals surface area contributed by atoms with E-state index in [1.165, 1.54) is 19.3 Å². The van der Waals surface area contributed by atoms with Crippen molar-refractivity contribution in [3.63, 3.8) is 0 Å². The summed E-state index contributed by atoms with van der Waals surface area (Å²) in [6.07, 6.45) is 10.7. The summed E-state index contributed by atoms with van der Waals surface area (Å²) in [4.78, 5) is 12.9. The van der Waals surface area contributed by atoms with Gasteiger partial charge in [0.15, 0.2) is 16.6 Å². The first-order valence-corrected chi connectivity index (χ1v) is 19.1. The Bertz CT molecular complexity index is 734. The molecule has 0 aromatic rings. The average molecular weight is 449 g/mol. The van der Waals surface area contributed by atoms with Crippen LogP contribution < -0.4 is 0 Å². The van der Waals surface area contributed by atoms with Gasteiger partial charge in [0, 0.05) is 17.9 Å². The second-order valence-corrected chi connectivity index (χ2v) is 22.0. The quantitative estimate of drug-likeness (QED) is 0.360. The number of carbonyl (C=O) groups excluding carboxylic acids is 1. The van der Waals surface area contributed by atoms with Crippen LogP contribution in [-0.4, -0.2) is 34.6 Å². The smallest absolute Gasteiger partial charge is 0.184 e. The largest absolute Gasteiger partial charge is 0.414 e. The fourth-order valence-electron chi connectivity index (χ4n) is 7.48. The Hall–Kier alpha value is -0.236. The number of Topliss-reactive ketones (excluding diaryl/α,β-unsaturated/α-hetero) is 1. The maximum absolute atomic E-state index is 12.9. The number of fused-ring (bicyclic) bond motifs is 5. The fraction of sp³-hybridized carbons (Fsp3) is 0.880. The molecule has 4 rings (SSSR count). The monoisotopic (exact) mass is 448 g/mol. The summed E-state index contributed by atoms with van der Waals surface area (Å²) >= 11 is 0. The number of hydrogen-bond acceptors (Lipinski definition) is 3. The third-order valence-corrected chi connectivity index (χ3v) is 10.8. The zero-order valence-electron chi connectivity index (χ0n) is 20.6. The van der Waals surface area contributed by atoms with Crippen molar-refractivity contribution in [3.8, 4) is 0 Å². The summed E-state index contributed by atoms with van der Waals surface area (Å²) in [6.45, 7) is 18.7. The molecule has 0 amide bonds. The molecule has 0 N–H and O–H groups in total. The van der Waals surface area contributed by atoms with Crippen molar-refractivity contribution in [1.29, 1.82) is 0 Å². The minimum Gasteiger partial charge on any atom is -0.414 e. The molecule has 0 heterocycles. The van der Waals surface area contributed by atoms with Gasteiger partial charge < -0.3 is 8.85 Å². The third kappa shape index (κ3) is 3.97. The highest BCUT2D eigenvalue weighted by Crippen LogP contribution is 2.64. The van der Waals surface area contributed by atoms with E-state index in [0.29, 0.717) is 29.6 Å². The van der Waals surface area contributed by atoms with E-state index in [-0.39, 0.29) is 16.9 Å². The first-order valence-electron chi connectivity index (χ1n) is 12.3. The van der Waals surface area contributed by atoms with Crippen LogP contribution >= 0.6 is 0 Å². The standard InChI is InChI=1S/C25H44O3Si2/c1-24-13-11-18(27-29(3,4)5)15-17(24)16-21(28-30(6,7)8)23-19-9-10-22(26)25(19,2)14-12-20(23)24/h16,18-21,23H,9-15H2,1-8H3/t18-,19-,20-,21-,23-,24-,25-/m0/s1. The van der Waals surface area contributed by atoms with Gasteiger partial charge in [0.1, 0.15) is 5.78 Å². The molecule has 7 atom stereocenters. The van der Waals surface area contributed by atoms with Crippen LogP contribution in [0, 0.1) is 28.6 Å². The second kappa shape index (κ2) is 7.39. The number of carbonyl (C=O) groups is 1. The van der Waals surface area contributed by atoms with Gasteiger partial charge in [0.25, 0.3) is 0 Å². The number of ketones is 1. The zero-order chi connectivity index (χ0) is 22.1. The third-order valence-electron chi connectivity index (χ3n) is 8.78. The topological polar surface area (TPSA) is 35.5 Å². The highest BCUT2D eigenvalue weighted by molar-refractivity contribution is 6.70. The van der Waals surface area contributed by atoms with Crippen LogP contribution in [-0.2, 0) is 13.6 Å². The van der Waals surface area contributed by atoms with Crippen LogP contribution in [0.2, 0.25) is 39.3 Å². The Morgan fingerprint density at radius 1 is 0.867 bits per heavy atom. The van der Waals surface area contributed by atoms with Crippen molar-refractivity contribution < 1.29 is 13.6 Å². The van der Waals surface area contributed by atoms with Gasteiger partial charge >= 0.3 is 0 Å². The molecule has 0 spiro atoms. The van der Waals surface area contributed by atoms with E-state index < -0.39 is 16.6 Å². The first-order chi connectivity index (χ1) is 13.7. The van der Waals surface area contributed by atoms with Crippen LogP contribution in [0.5, 0.6) is 0 Å². The normalized spacial score (nSPS) is 44.2.